The van der Waals surface area contributed by atoms with E-state index in [9.17, 15) is 14.3 Å². The summed E-state index contributed by atoms with van der Waals surface area (Å²) in [4.78, 5) is 35.3. The van der Waals surface area contributed by atoms with Gasteiger partial charge in [-0.15, -0.1) is 0 Å². The Labute approximate surface area is 253 Å². The number of likely N-dealkylation sites (N-methyl/N-ethyl adjacent to an activating group) is 1. The summed E-state index contributed by atoms with van der Waals surface area (Å²) in [7, 11) is -0.843. The molecule has 0 aromatic carbocycles. The topological polar surface area (TPSA) is 143 Å². The van der Waals surface area contributed by atoms with Crippen LogP contribution in [0.2, 0.25) is 0 Å². The number of nitriles is 1. The molecule has 13 heteroatoms. The van der Waals surface area contributed by atoms with Crippen LogP contribution in [-0.4, -0.2) is 99.1 Å². The standard InChI is InChI=1S/C30H39N9O3S/c1-3-27(40)39-14-13-38(18-22(39)8-10-31)29-24-9-12-37(30-28-25(33-20-34-30)7-5-15-43(28,32)41)17-21(24)16-26(35-29)42-19-23-6-4-11-36(23)2/h3,16,20,22-23,32H,1,4-9,11-15,17-19H2,2H3/t22-,23-,43?/m0/s1. The number of fused-ring (bicyclic) bond motifs is 2. The fourth-order valence-electron chi connectivity index (χ4n) is 6.84. The monoisotopic (exact) mass is 605 g/mol. The van der Waals surface area contributed by atoms with Crippen molar-refractivity contribution in [1.82, 2.24) is 24.8 Å². The van der Waals surface area contributed by atoms with Gasteiger partial charge in [-0.1, -0.05) is 6.58 Å². The van der Waals surface area contributed by atoms with E-state index in [1.807, 2.05) is 6.07 Å². The Balaban J connectivity index is 1.34. The number of nitrogens with zero attached hydrogens (tertiary/aromatic N) is 8. The lowest BCUT2D eigenvalue weighted by molar-refractivity contribution is -0.128. The molecule has 0 radical (unpaired) electrons. The molecule has 0 saturated carbocycles. The number of pyridine rings is 1. The quantitative estimate of drug-likeness (QED) is 0.468. The van der Waals surface area contributed by atoms with E-state index >= 15 is 0 Å². The van der Waals surface area contributed by atoms with Gasteiger partial charge in [-0.3, -0.25) is 4.79 Å². The summed E-state index contributed by atoms with van der Waals surface area (Å²) in [6.07, 6.45) is 7.37. The van der Waals surface area contributed by atoms with E-state index in [2.05, 4.69) is 44.4 Å². The first-order valence-corrected chi connectivity index (χ1v) is 16.8. The highest BCUT2D eigenvalue weighted by atomic mass is 32.2. The number of hydrogen-bond acceptors (Lipinski definition) is 11. The summed E-state index contributed by atoms with van der Waals surface area (Å²) in [6, 6.07) is 4.32. The van der Waals surface area contributed by atoms with Crippen LogP contribution in [0, 0.1) is 16.1 Å². The molecule has 2 fully saturated rings. The summed E-state index contributed by atoms with van der Waals surface area (Å²) in [6.45, 7) is 7.94. The Kier molecular flexibility index (Phi) is 8.24. The van der Waals surface area contributed by atoms with E-state index in [0.29, 0.717) is 87.0 Å². The van der Waals surface area contributed by atoms with Crippen LogP contribution >= 0.6 is 0 Å². The zero-order valence-corrected chi connectivity index (χ0v) is 25.5. The number of nitrogens with one attached hydrogen (secondary N) is 1. The number of ether oxygens (including phenoxy) is 1. The third-order valence-electron chi connectivity index (χ3n) is 9.16. The maximum absolute atomic E-state index is 13.3. The number of aromatic nitrogens is 3. The predicted molar refractivity (Wildman–Crippen MR) is 163 cm³/mol. The zero-order valence-electron chi connectivity index (χ0n) is 24.7. The lowest BCUT2D eigenvalue weighted by Crippen LogP contribution is -2.55. The fourth-order valence-corrected chi connectivity index (χ4v) is 8.60. The summed E-state index contributed by atoms with van der Waals surface area (Å²) in [5.74, 6) is 2.13. The van der Waals surface area contributed by atoms with E-state index in [1.54, 1.807) is 4.90 Å². The van der Waals surface area contributed by atoms with Gasteiger partial charge in [-0.25, -0.2) is 19.0 Å². The molecule has 3 atom stereocenters. The third-order valence-corrected chi connectivity index (χ3v) is 11.1. The highest BCUT2D eigenvalue weighted by molar-refractivity contribution is 7.92. The molecular formula is C30H39N9O3S. The normalized spacial score (nSPS) is 25.5. The highest BCUT2D eigenvalue weighted by Gasteiger charge is 2.35. The van der Waals surface area contributed by atoms with Crippen molar-refractivity contribution in [2.45, 2.75) is 62.0 Å². The molecule has 6 rings (SSSR count). The number of rotatable bonds is 7. The maximum Gasteiger partial charge on any atom is 0.246 e. The van der Waals surface area contributed by atoms with Crippen LogP contribution in [0.4, 0.5) is 11.6 Å². The molecule has 2 saturated heterocycles. The number of amides is 1. The lowest BCUT2D eigenvalue weighted by atomic mass is 9.99. The van der Waals surface area contributed by atoms with Crippen molar-refractivity contribution in [3.05, 3.63) is 41.9 Å². The van der Waals surface area contributed by atoms with Gasteiger partial charge >= 0.3 is 0 Å². The number of carbonyl (C=O) groups is 1. The minimum absolute atomic E-state index is 0.164. The first-order valence-electron chi connectivity index (χ1n) is 15.0. The number of carbonyl (C=O) groups excluding carboxylic acids is 1. The molecule has 228 valence electrons. The number of hydrogen-bond donors (Lipinski definition) is 1. The minimum Gasteiger partial charge on any atom is -0.476 e. The van der Waals surface area contributed by atoms with Crippen LogP contribution in [-0.2, 0) is 33.9 Å². The van der Waals surface area contributed by atoms with Crippen molar-refractivity contribution in [3.63, 3.8) is 0 Å². The molecule has 4 aliphatic rings. The van der Waals surface area contributed by atoms with E-state index < -0.39 is 9.73 Å². The molecule has 12 nitrogen and oxygen atoms in total. The second kappa shape index (κ2) is 12.1. The first-order chi connectivity index (χ1) is 20.8. The van der Waals surface area contributed by atoms with Gasteiger partial charge in [0.25, 0.3) is 0 Å². The Morgan fingerprint density at radius 2 is 2.05 bits per heavy atom. The highest BCUT2D eigenvalue weighted by Crippen LogP contribution is 2.37. The summed E-state index contributed by atoms with van der Waals surface area (Å²) < 4.78 is 28.3. The van der Waals surface area contributed by atoms with Crippen LogP contribution in [0.15, 0.2) is 29.9 Å². The summed E-state index contributed by atoms with van der Waals surface area (Å²) in [5, 5.41) is 9.52. The first kappa shape index (κ1) is 29.3. The van der Waals surface area contributed by atoms with Gasteiger partial charge in [-0.05, 0) is 57.3 Å². The minimum atomic E-state index is -2.96. The molecule has 0 spiro atoms. The Morgan fingerprint density at radius 1 is 1.19 bits per heavy atom. The van der Waals surface area contributed by atoms with Crippen molar-refractivity contribution >= 4 is 27.3 Å². The van der Waals surface area contributed by atoms with Gasteiger partial charge in [0.15, 0.2) is 0 Å². The molecule has 0 bridgehead atoms. The van der Waals surface area contributed by atoms with E-state index in [-0.39, 0.29) is 18.4 Å². The molecule has 1 unspecified atom stereocenters. The number of likely N-dealkylation sites (tertiary alicyclic amines) is 1. The van der Waals surface area contributed by atoms with E-state index in [1.165, 1.54) is 12.4 Å². The summed E-state index contributed by atoms with van der Waals surface area (Å²) >= 11 is 0. The average molecular weight is 606 g/mol. The van der Waals surface area contributed by atoms with E-state index in [0.717, 1.165) is 42.0 Å². The van der Waals surface area contributed by atoms with Crippen molar-refractivity contribution in [1.29, 1.82) is 10.0 Å². The zero-order chi connectivity index (χ0) is 30.1. The van der Waals surface area contributed by atoms with Crippen LogP contribution < -0.4 is 14.5 Å². The number of piperazine rings is 1. The second-order valence-corrected chi connectivity index (χ2v) is 14.0. The van der Waals surface area contributed by atoms with Gasteiger partial charge < -0.3 is 24.3 Å². The fraction of sp³-hybridized carbons (Fsp3) is 0.567. The molecular weight excluding hydrogens is 566 g/mol. The Bertz CT molecular complexity index is 1560. The van der Waals surface area contributed by atoms with Gasteiger partial charge in [-0.2, -0.15) is 10.2 Å². The molecule has 0 aliphatic carbocycles. The van der Waals surface area contributed by atoms with Crippen molar-refractivity contribution in [3.8, 4) is 11.9 Å². The molecule has 6 heterocycles. The smallest absolute Gasteiger partial charge is 0.246 e. The number of aryl methyl sites for hydroxylation is 1. The second-order valence-electron chi connectivity index (χ2n) is 11.8. The molecule has 1 N–H and O–H groups in total. The molecule has 43 heavy (non-hydrogen) atoms. The lowest BCUT2D eigenvalue weighted by Gasteiger charge is -2.42. The molecule has 2 aromatic rings. The van der Waals surface area contributed by atoms with Crippen molar-refractivity contribution in [2.24, 2.45) is 0 Å². The Hall–Kier alpha value is -3.76. The largest absolute Gasteiger partial charge is 0.476 e. The van der Waals surface area contributed by atoms with Crippen molar-refractivity contribution < 1.29 is 13.7 Å². The average Bonchev–Trinajstić information content (AvgIpc) is 3.43. The van der Waals surface area contributed by atoms with Gasteiger partial charge in [0.1, 0.15) is 29.5 Å². The van der Waals surface area contributed by atoms with Gasteiger partial charge in [0, 0.05) is 56.1 Å². The molecule has 1 amide bonds. The molecule has 4 aliphatic heterocycles. The Morgan fingerprint density at radius 3 is 2.81 bits per heavy atom. The van der Waals surface area contributed by atoms with Crippen LogP contribution in [0.3, 0.4) is 0 Å². The SMILES string of the molecule is C=CC(=O)N1CCN(c2nc(OC[C@@H]3CCCN3C)cc3c2CCN(c2ncnc4c2S(=N)(=O)CCC4)C3)C[C@@H]1CC#N. The van der Waals surface area contributed by atoms with Crippen LogP contribution in [0.5, 0.6) is 5.88 Å². The van der Waals surface area contributed by atoms with Crippen LogP contribution in [0.1, 0.15) is 42.5 Å². The third kappa shape index (κ3) is 5.78. The maximum atomic E-state index is 13.3. The predicted octanol–water partition coefficient (Wildman–Crippen LogP) is 2.38. The number of anilines is 2. The summed E-state index contributed by atoms with van der Waals surface area (Å²) in [5.41, 5.74) is 2.88. The van der Waals surface area contributed by atoms with Gasteiger partial charge in [0.05, 0.1) is 34.0 Å². The van der Waals surface area contributed by atoms with E-state index in [4.69, 9.17) is 14.5 Å². The van der Waals surface area contributed by atoms with Crippen LogP contribution in [0.25, 0.3) is 0 Å². The van der Waals surface area contributed by atoms with Gasteiger partial charge in [0.2, 0.25) is 11.8 Å². The van der Waals surface area contributed by atoms with Crippen molar-refractivity contribution in [2.75, 3.05) is 61.9 Å². The molecule has 2 aromatic heterocycles.